The van der Waals surface area contributed by atoms with Gasteiger partial charge in [-0.25, -0.2) is 4.79 Å². The molecule has 0 saturated carbocycles. The highest BCUT2D eigenvalue weighted by molar-refractivity contribution is 5.78. The molecule has 0 aromatic carbocycles. The summed E-state index contributed by atoms with van der Waals surface area (Å²) < 4.78 is 5.44. The van der Waals surface area contributed by atoms with Crippen molar-refractivity contribution >= 4 is 12.0 Å². The molecule has 0 aromatic heterocycles. The summed E-state index contributed by atoms with van der Waals surface area (Å²) >= 11 is 0. The number of carbonyl (C=O) groups excluding carboxylic acids is 1. The number of nitrogens with zero attached hydrogens (tertiary/aromatic N) is 2. The molecule has 2 rings (SSSR count). The number of carboxylic acids is 1. The van der Waals surface area contributed by atoms with Gasteiger partial charge in [0.15, 0.2) is 0 Å². The van der Waals surface area contributed by atoms with Crippen LogP contribution in [0.5, 0.6) is 0 Å². The van der Waals surface area contributed by atoms with Crippen LogP contribution >= 0.6 is 0 Å². The second kappa shape index (κ2) is 6.22. The molecule has 0 bridgehead atoms. The topological polar surface area (TPSA) is 70.1 Å². The van der Waals surface area contributed by atoms with Gasteiger partial charge in [0.2, 0.25) is 0 Å². The molecule has 0 aliphatic carbocycles. The Kier molecular flexibility index (Phi) is 4.76. The number of ether oxygens (including phenoxy) is 1. The quantitative estimate of drug-likeness (QED) is 0.841. The number of hydrogen-bond donors (Lipinski definition) is 1. The van der Waals surface area contributed by atoms with Gasteiger partial charge in [0.1, 0.15) is 0 Å². The second-order valence-electron chi connectivity index (χ2n) is 6.66. The molecule has 2 aliphatic heterocycles. The van der Waals surface area contributed by atoms with Crippen molar-refractivity contribution in [2.75, 3.05) is 33.3 Å². The van der Waals surface area contributed by atoms with E-state index in [0.29, 0.717) is 32.0 Å². The number of piperidine rings is 2. The molecule has 2 saturated heterocycles. The van der Waals surface area contributed by atoms with E-state index in [1.165, 1.54) is 0 Å². The van der Waals surface area contributed by atoms with E-state index >= 15 is 0 Å². The zero-order valence-corrected chi connectivity index (χ0v) is 13.2. The molecule has 0 spiro atoms. The Balaban J connectivity index is 2.01. The van der Waals surface area contributed by atoms with E-state index in [0.717, 1.165) is 19.4 Å². The number of carbonyl (C=O) groups is 2. The molecule has 1 N–H and O–H groups in total. The molecule has 6 nitrogen and oxygen atoms in total. The lowest BCUT2D eigenvalue weighted by atomic mass is 9.82. The third kappa shape index (κ3) is 3.31. The van der Waals surface area contributed by atoms with E-state index in [1.54, 1.807) is 18.9 Å². The zero-order valence-electron chi connectivity index (χ0n) is 13.2. The highest BCUT2D eigenvalue weighted by atomic mass is 16.5. The van der Waals surface area contributed by atoms with Crippen LogP contribution in [-0.4, -0.2) is 66.3 Å². The Bertz CT molecular complexity index is 414. The van der Waals surface area contributed by atoms with Crippen LogP contribution < -0.4 is 0 Å². The van der Waals surface area contributed by atoms with Crippen molar-refractivity contribution in [3.8, 4) is 0 Å². The number of urea groups is 1. The van der Waals surface area contributed by atoms with E-state index in [-0.39, 0.29) is 12.1 Å². The summed E-state index contributed by atoms with van der Waals surface area (Å²) in [7, 11) is 1.68. The summed E-state index contributed by atoms with van der Waals surface area (Å²) in [5.41, 5.74) is -0.822. The number of rotatable bonds is 2. The summed E-state index contributed by atoms with van der Waals surface area (Å²) in [4.78, 5) is 27.5. The molecule has 6 heteroatoms. The van der Waals surface area contributed by atoms with Crippen LogP contribution in [0, 0.1) is 11.3 Å². The standard InChI is InChI=1S/C15H26N2O4/c1-11-5-8-16(9-12(11)21-3)14(20)17-7-4-6-15(2,10-17)13(18)19/h11-12H,4-10H2,1-3H3,(H,18,19). The van der Waals surface area contributed by atoms with Gasteiger partial charge in [0, 0.05) is 33.3 Å². The first kappa shape index (κ1) is 16.1. The molecular formula is C15H26N2O4. The fourth-order valence-corrected chi connectivity index (χ4v) is 3.29. The minimum Gasteiger partial charge on any atom is -0.481 e. The van der Waals surface area contributed by atoms with Gasteiger partial charge in [0.05, 0.1) is 11.5 Å². The normalized spacial score (nSPS) is 33.9. The van der Waals surface area contributed by atoms with Crippen LogP contribution in [0.3, 0.4) is 0 Å². The Morgan fingerprint density at radius 1 is 1.29 bits per heavy atom. The molecule has 0 aromatic rings. The van der Waals surface area contributed by atoms with Gasteiger partial charge in [0.25, 0.3) is 0 Å². The molecule has 21 heavy (non-hydrogen) atoms. The van der Waals surface area contributed by atoms with Crippen molar-refractivity contribution in [2.45, 2.75) is 39.2 Å². The predicted molar refractivity (Wildman–Crippen MR) is 78.1 cm³/mol. The number of hydrogen-bond acceptors (Lipinski definition) is 3. The maximum Gasteiger partial charge on any atom is 0.320 e. The molecular weight excluding hydrogens is 272 g/mol. The largest absolute Gasteiger partial charge is 0.481 e. The first-order valence-electron chi connectivity index (χ1n) is 7.67. The molecule has 0 radical (unpaired) electrons. The van der Waals surface area contributed by atoms with Gasteiger partial charge in [-0.05, 0) is 32.1 Å². The summed E-state index contributed by atoms with van der Waals surface area (Å²) in [5.74, 6) is -0.369. The molecule has 2 heterocycles. The van der Waals surface area contributed by atoms with Crippen LogP contribution in [0.2, 0.25) is 0 Å². The SMILES string of the molecule is COC1CN(C(=O)N2CCCC(C)(C(=O)O)C2)CCC1C. The Labute approximate surface area is 126 Å². The molecule has 120 valence electrons. The Hall–Kier alpha value is -1.30. The summed E-state index contributed by atoms with van der Waals surface area (Å²) in [6.07, 6.45) is 2.36. The lowest BCUT2D eigenvalue weighted by molar-refractivity contribution is -0.150. The van der Waals surface area contributed by atoms with Gasteiger partial charge in [-0.3, -0.25) is 4.79 Å². The Morgan fingerprint density at radius 3 is 2.62 bits per heavy atom. The van der Waals surface area contributed by atoms with Gasteiger partial charge >= 0.3 is 12.0 Å². The maximum absolute atomic E-state index is 12.6. The van der Waals surface area contributed by atoms with Crippen molar-refractivity contribution in [1.82, 2.24) is 9.80 Å². The molecule has 3 atom stereocenters. The molecule has 2 amide bonds. The van der Waals surface area contributed by atoms with Crippen molar-refractivity contribution in [3.05, 3.63) is 0 Å². The fraction of sp³-hybridized carbons (Fsp3) is 0.867. The lowest BCUT2D eigenvalue weighted by Gasteiger charge is -2.42. The fourth-order valence-electron chi connectivity index (χ4n) is 3.29. The average Bonchev–Trinajstić information content (AvgIpc) is 2.47. The molecule has 2 fully saturated rings. The number of methoxy groups -OCH3 is 1. The van der Waals surface area contributed by atoms with E-state index in [9.17, 15) is 14.7 Å². The predicted octanol–water partition coefficient (Wildman–Crippen LogP) is 1.65. The van der Waals surface area contributed by atoms with Gasteiger partial charge in [-0.15, -0.1) is 0 Å². The van der Waals surface area contributed by atoms with Crippen molar-refractivity contribution in [2.24, 2.45) is 11.3 Å². The van der Waals surface area contributed by atoms with Crippen molar-refractivity contribution < 1.29 is 19.4 Å². The number of amides is 2. The van der Waals surface area contributed by atoms with Crippen LogP contribution in [-0.2, 0) is 9.53 Å². The molecule has 3 unspecified atom stereocenters. The highest BCUT2D eigenvalue weighted by Crippen LogP contribution is 2.31. The van der Waals surface area contributed by atoms with Crippen molar-refractivity contribution in [3.63, 3.8) is 0 Å². The minimum absolute atomic E-state index is 0.0453. The molecule has 2 aliphatic rings. The second-order valence-corrected chi connectivity index (χ2v) is 6.66. The van der Waals surface area contributed by atoms with Crippen LogP contribution in [0.25, 0.3) is 0 Å². The van der Waals surface area contributed by atoms with E-state index in [4.69, 9.17) is 4.74 Å². The van der Waals surface area contributed by atoms with E-state index in [1.807, 2.05) is 4.90 Å². The van der Waals surface area contributed by atoms with Gasteiger partial charge in [-0.1, -0.05) is 6.92 Å². The van der Waals surface area contributed by atoms with E-state index in [2.05, 4.69) is 6.92 Å². The van der Waals surface area contributed by atoms with Gasteiger partial charge in [-0.2, -0.15) is 0 Å². The minimum atomic E-state index is -0.822. The van der Waals surface area contributed by atoms with Gasteiger partial charge < -0.3 is 19.6 Å². The Morgan fingerprint density at radius 2 is 2.00 bits per heavy atom. The summed E-state index contributed by atoms with van der Waals surface area (Å²) in [6, 6.07) is -0.0453. The van der Waals surface area contributed by atoms with E-state index < -0.39 is 11.4 Å². The average molecular weight is 298 g/mol. The number of carboxylic acid groups (broad SMARTS) is 1. The first-order valence-corrected chi connectivity index (χ1v) is 7.67. The third-order valence-corrected chi connectivity index (χ3v) is 4.95. The van der Waals surface area contributed by atoms with Crippen LogP contribution in [0.15, 0.2) is 0 Å². The summed E-state index contributed by atoms with van der Waals surface area (Å²) in [6.45, 7) is 6.12. The highest BCUT2D eigenvalue weighted by Gasteiger charge is 2.41. The zero-order chi connectivity index (χ0) is 15.6. The number of aliphatic carboxylic acids is 1. The van der Waals surface area contributed by atoms with Crippen LogP contribution in [0.1, 0.15) is 33.1 Å². The monoisotopic (exact) mass is 298 g/mol. The van der Waals surface area contributed by atoms with Crippen LogP contribution in [0.4, 0.5) is 4.79 Å². The summed E-state index contributed by atoms with van der Waals surface area (Å²) in [5, 5.41) is 9.35. The van der Waals surface area contributed by atoms with Crippen molar-refractivity contribution in [1.29, 1.82) is 0 Å². The lowest BCUT2D eigenvalue weighted by Crippen LogP contribution is -2.56. The first-order chi connectivity index (χ1) is 9.87. The third-order valence-electron chi connectivity index (χ3n) is 4.95. The number of likely N-dealkylation sites (tertiary alicyclic amines) is 2. The smallest absolute Gasteiger partial charge is 0.320 e. The maximum atomic E-state index is 12.6.